The molecular weight excluding hydrogens is 156 g/mol. The van der Waals surface area contributed by atoms with Crippen LogP contribution in [0, 0.1) is 11.3 Å². The average Bonchev–Trinajstić information content (AvgIpc) is 2.00. The van der Waals surface area contributed by atoms with Gasteiger partial charge in [-0.1, -0.05) is 52.7 Å². The maximum absolute atomic E-state index is 2.37. The van der Waals surface area contributed by atoms with Gasteiger partial charge >= 0.3 is 0 Å². The van der Waals surface area contributed by atoms with Crippen LogP contribution in [0.3, 0.4) is 0 Å². The van der Waals surface area contributed by atoms with Crippen LogP contribution in [-0.4, -0.2) is 0 Å². The van der Waals surface area contributed by atoms with Crippen molar-refractivity contribution < 1.29 is 0 Å². The van der Waals surface area contributed by atoms with E-state index in [2.05, 4.69) is 46.8 Å². The highest BCUT2D eigenvalue weighted by Gasteiger charge is 2.15. The molecule has 0 rings (SSSR count). The minimum atomic E-state index is 0.501. The summed E-state index contributed by atoms with van der Waals surface area (Å²) in [5.41, 5.74) is 0.501. The van der Waals surface area contributed by atoms with Crippen molar-refractivity contribution in [1.29, 1.82) is 0 Å². The van der Waals surface area contributed by atoms with Crippen LogP contribution in [0.1, 0.15) is 60.3 Å². The highest BCUT2D eigenvalue weighted by atomic mass is 14.2. The number of allylic oxidation sites excluding steroid dienone is 2. The van der Waals surface area contributed by atoms with Gasteiger partial charge in [-0.15, -0.1) is 0 Å². The smallest absolute Gasteiger partial charge is 0.0299 e. The predicted octanol–water partition coefficient (Wildman–Crippen LogP) is 4.81. The Bertz CT molecular complexity index is 140. The highest BCUT2D eigenvalue weighted by molar-refractivity contribution is 4.84. The van der Waals surface area contributed by atoms with E-state index in [1.807, 2.05) is 0 Å². The van der Waals surface area contributed by atoms with Gasteiger partial charge in [0, 0.05) is 0 Å². The van der Waals surface area contributed by atoms with Crippen molar-refractivity contribution in [3.63, 3.8) is 0 Å². The molecule has 0 saturated carbocycles. The molecule has 0 saturated heterocycles. The monoisotopic (exact) mass is 182 g/mol. The summed E-state index contributed by atoms with van der Waals surface area (Å²) in [5, 5.41) is 0. The van der Waals surface area contributed by atoms with E-state index >= 15 is 0 Å². The van der Waals surface area contributed by atoms with E-state index in [4.69, 9.17) is 0 Å². The maximum atomic E-state index is 2.37. The quantitative estimate of drug-likeness (QED) is 0.517. The van der Waals surface area contributed by atoms with Crippen LogP contribution in [0.2, 0.25) is 0 Å². The molecule has 0 aliphatic rings. The summed E-state index contributed by atoms with van der Waals surface area (Å²) in [7, 11) is 0. The van der Waals surface area contributed by atoms with Gasteiger partial charge in [-0.25, -0.2) is 0 Å². The second-order valence-corrected chi connectivity index (χ2v) is 5.22. The molecule has 78 valence electrons. The summed E-state index contributed by atoms with van der Waals surface area (Å²) < 4.78 is 0. The Labute approximate surface area is 84.4 Å². The lowest BCUT2D eigenvalue weighted by Crippen LogP contribution is -2.10. The van der Waals surface area contributed by atoms with Crippen LogP contribution in [0.5, 0.6) is 0 Å². The molecule has 0 fully saturated rings. The normalized spacial score (nSPS) is 13.1. The van der Waals surface area contributed by atoms with Crippen molar-refractivity contribution in [2.24, 2.45) is 11.3 Å². The molecule has 0 N–H and O–H groups in total. The van der Waals surface area contributed by atoms with Gasteiger partial charge in [0.2, 0.25) is 0 Å². The van der Waals surface area contributed by atoms with Crippen LogP contribution in [0.15, 0.2) is 12.2 Å². The van der Waals surface area contributed by atoms with Crippen molar-refractivity contribution >= 4 is 0 Å². The first-order chi connectivity index (χ1) is 5.98. The molecule has 0 nitrogen and oxygen atoms in total. The summed E-state index contributed by atoms with van der Waals surface area (Å²) in [6, 6.07) is 0. The standard InChI is InChI=1S/C13H26/c1-6-7-10-13(4,5)11-8-9-12(2)3/h6-7,12H,8-11H2,1-5H3. The Morgan fingerprint density at radius 2 is 1.85 bits per heavy atom. The van der Waals surface area contributed by atoms with Crippen LogP contribution in [-0.2, 0) is 0 Å². The second-order valence-electron chi connectivity index (χ2n) is 5.22. The van der Waals surface area contributed by atoms with Gasteiger partial charge in [0.15, 0.2) is 0 Å². The van der Waals surface area contributed by atoms with Gasteiger partial charge in [0.1, 0.15) is 0 Å². The zero-order valence-corrected chi connectivity index (χ0v) is 10.1. The third kappa shape index (κ3) is 8.08. The summed E-state index contributed by atoms with van der Waals surface area (Å²) >= 11 is 0. The average molecular weight is 182 g/mol. The minimum absolute atomic E-state index is 0.501. The molecule has 0 heterocycles. The highest BCUT2D eigenvalue weighted by Crippen LogP contribution is 2.28. The van der Waals surface area contributed by atoms with Crippen molar-refractivity contribution in [1.82, 2.24) is 0 Å². The lowest BCUT2D eigenvalue weighted by Gasteiger charge is -2.23. The third-order valence-electron chi connectivity index (χ3n) is 2.54. The first-order valence-corrected chi connectivity index (χ1v) is 5.59. The Morgan fingerprint density at radius 3 is 2.31 bits per heavy atom. The predicted molar refractivity (Wildman–Crippen MR) is 61.9 cm³/mol. The van der Waals surface area contributed by atoms with Crippen LogP contribution in [0.25, 0.3) is 0 Å². The molecular formula is C13H26. The zero-order chi connectivity index (χ0) is 10.3. The summed E-state index contributed by atoms with van der Waals surface area (Å²) in [5.74, 6) is 0.859. The van der Waals surface area contributed by atoms with E-state index in [0.29, 0.717) is 5.41 Å². The van der Waals surface area contributed by atoms with E-state index in [-0.39, 0.29) is 0 Å². The Morgan fingerprint density at radius 1 is 1.23 bits per heavy atom. The van der Waals surface area contributed by atoms with Crippen molar-refractivity contribution in [3.05, 3.63) is 12.2 Å². The molecule has 0 aromatic rings. The molecule has 0 atom stereocenters. The molecule has 0 aliphatic heterocycles. The SMILES string of the molecule is CC=CCC(C)(C)CCCC(C)C. The number of rotatable bonds is 6. The second kappa shape index (κ2) is 6.23. The summed E-state index contributed by atoms with van der Waals surface area (Å²) in [6.07, 6.45) is 9.78. The lowest BCUT2D eigenvalue weighted by molar-refractivity contribution is 0.316. The largest absolute Gasteiger partial charge is 0.0916 e. The molecule has 0 aromatic heterocycles. The lowest BCUT2D eigenvalue weighted by atomic mass is 9.83. The van der Waals surface area contributed by atoms with E-state index in [9.17, 15) is 0 Å². The molecule has 0 bridgehead atoms. The number of hydrogen-bond donors (Lipinski definition) is 0. The van der Waals surface area contributed by atoms with Gasteiger partial charge in [-0.05, 0) is 31.1 Å². The van der Waals surface area contributed by atoms with Crippen molar-refractivity contribution in [3.8, 4) is 0 Å². The third-order valence-corrected chi connectivity index (χ3v) is 2.54. The van der Waals surface area contributed by atoms with Crippen molar-refractivity contribution in [2.75, 3.05) is 0 Å². The maximum Gasteiger partial charge on any atom is -0.0299 e. The van der Waals surface area contributed by atoms with Crippen LogP contribution < -0.4 is 0 Å². The fourth-order valence-electron chi connectivity index (χ4n) is 1.53. The zero-order valence-electron chi connectivity index (χ0n) is 10.1. The van der Waals surface area contributed by atoms with Crippen molar-refractivity contribution in [2.45, 2.75) is 60.3 Å². The first kappa shape index (κ1) is 12.7. The molecule has 0 aliphatic carbocycles. The van der Waals surface area contributed by atoms with Gasteiger partial charge in [0.25, 0.3) is 0 Å². The van der Waals surface area contributed by atoms with Gasteiger partial charge in [-0.3, -0.25) is 0 Å². The van der Waals surface area contributed by atoms with Gasteiger partial charge < -0.3 is 0 Å². The molecule has 0 aromatic carbocycles. The Kier molecular flexibility index (Phi) is 6.11. The molecule has 0 radical (unpaired) electrons. The molecule has 0 unspecified atom stereocenters. The fraction of sp³-hybridized carbons (Fsp3) is 0.846. The van der Waals surface area contributed by atoms with E-state index in [1.54, 1.807) is 0 Å². The first-order valence-electron chi connectivity index (χ1n) is 5.59. The molecule has 13 heavy (non-hydrogen) atoms. The topological polar surface area (TPSA) is 0 Å². The van der Waals surface area contributed by atoms with Crippen LogP contribution in [0.4, 0.5) is 0 Å². The van der Waals surface area contributed by atoms with E-state index < -0.39 is 0 Å². The minimum Gasteiger partial charge on any atom is -0.0916 e. The van der Waals surface area contributed by atoms with Crippen LogP contribution >= 0.6 is 0 Å². The Balaban J connectivity index is 3.62. The summed E-state index contributed by atoms with van der Waals surface area (Å²) in [6.45, 7) is 11.4. The summed E-state index contributed by atoms with van der Waals surface area (Å²) in [4.78, 5) is 0. The fourth-order valence-corrected chi connectivity index (χ4v) is 1.53. The number of hydrogen-bond acceptors (Lipinski definition) is 0. The van der Waals surface area contributed by atoms with Gasteiger partial charge in [0.05, 0.1) is 0 Å². The van der Waals surface area contributed by atoms with Gasteiger partial charge in [-0.2, -0.15) is 0 Å². The van der Waals surface area contributed by atoms with E-state index in [1.165, 1.54) is 25.7 Å². The van der Waals surface area contributed by atoms with E-state index in [0.717, 1.165) is 5.92 Å². The molecule has 0 amide bonds. The Hall–Kier alpha value is -0.260. The molecule has 0 spiro atoms. The molecule has 0 heteroatoms.